The van der Waals surface area contributed by atoms with Crippen LogP contribution in [-0.4, -0.2) is 22.1 Å². The Labute approximate surface area is 128 Å². The molecule has 0 atom stereocenters. The highest BCUT2D eigenvalue weighted by molar-refractivity contribution is 9.10. The average molecular weight is 351 g/mol. The summed E-state index contributed by atoms with van der Waals surface area (Å²) in [5.41, 5.74) is 2.18. The molecule has 0 bridgehead atoms. The normalized spacial score (nSPS) is 10.8. The van der Waals surface area contributed by atoms with Gasteiger partial charge in [-0.3, -0.25) is 5.32 Å². The molecule has 7 heteroatoms. The molecule has 0 amide bonds. The summed E-state index contributed by atoms with van der Waals surface area (Å²) in [6, 6.07) is 6.17. The Morgan fingerprint density at radius 1 is 1.30 bits per heavy atom. The van der Waals surface area contributed by atoms with Gasteiger partial charge in [-0.15, -0.1) is 0 Å². The molecule has 0 fully saturated rings. The van der Waals surface area contributed by atoms with E-state index in [1.54, 1.807) is 24.6 Å². The fourth-order valence-corrected chi connectivity index (χ4v) is 3.05. The maximum atomic E-state index is 5.14. The molecule has 20 heavy (non-hydrogen) atoms. The number of aromatic nitrogens is 3. The van der Waals surface area contributed by atoms with Gasteiger partial charge in [0.25, 0.3) is 0 Å². The third-order valence-corrected chi connectivity index (χ3v) is 4.15. The van der Waals surface area contributed by atoms with Gasteiger partial charge in [-0.25, -0.2) is 9.97 Å². The number of ether oxygens (including phenoxy) is 1. The van der Waals surface area contributed by atoms with Crippen molar-refractivity contribution in [3.63, 3.8) is 0 Å². The number of thiazole rings is 1. The van der Waals surface area contributed by atoms with E-state index in [0.29, 0.717) is 16.3 Å². The van der Waals surface area contributed by atoms with Gasteiger partial charge < -0.3 is 4.74 Å². The highest BCUT2D eigenvalue weighted by atomic mass is 79.9. The molecule has 0 saturated carbocycles. The van der Waals surface area contributed by atoms with Crippen LogP contribution in [0.15, 0.2) is 28.9 Å². The second-order valence-corrected chi connectivity index (χ2v) is 6.05. The lowest BCUT2D eigenvalue weighted by atomic mass is 10.2. The average Bonchev–Trinajstić information content (AvgIpc) is 2.82. The maximum Gasteiger partial charge on any atom is 0.232 e. The molecule has 1 aromatic carbocycles. The van der Waals surface area contributed by atoms with Gasteiger partial charge in [0, 0.05) is 0 Å². The van der Waals surface area contributed by atoms with Gasteiger partial charge in [-0.2, -0.15) is 4.98 Å². The summed E-state index contributed by atoms with van der Waals surface area (Å²) in [4.78, 5) is 12.9. The first-order chi connectivity index (χ1) is 9.65. The standard InChI is InChI=1S/C13H11BrN4OS/c1-7-3-4-9-10(5-7)20-13(16-9)18-12-15-6-8(14)11(17-12)19-2/h3-6H,1-2H3,(H,15,16,17,18). The topological polar surface area (TPSA) is 59.9 Å². The number of methoxy groups -OCH3 is 1. The van der Waals surface area contributed by atoms with Crippen LogP contribution in [0.2, 0.25) is 0 Å². The molecule has 5 nitrogen and oxygen atoms in total. The zero-order valence-electron chi connectivity index (χ0n) is 10.8. The molecule has 3 aromatic rings. The Hall–Kier alpha value is -1.73. The highest BCUT2D eigenvalue weighted by Gasteiger charge is 2.08. The van der Waals surface area contributed by atoms with Crippen molar-refractivity contribution in [2.45, 2.75) is 6.92 Å². The van der Waals surface area contributed by atoms with Crippen molar-refractivity contribution in [3.05, 3.63) is 34.4 Å². The van der Waals surface area contributed by atoms with E-state index in [4.69, 9.17) is 4.74 Å². The highest BCUT2D eigenvalue weighted by Crippen LogP contribution is 2.29. The zero-order valence-corrected chi connectivity index (χ0v) is 13.2. The van der Waals surface area contributed by atoms with Crippen molar-refractivity contribution >= 4 is 48.6 Å². The van der Waals surface area contributed by atoms with Crippen LogP contribution in [0.25, 0.3) is 10.2 Å². The predicted molar refractivity (Wildman–Crippen MR) is 83.9 cm³/mol. The molecule has 0 aliphatic heterocycles. The number of fused-ring (bicyclic) bond motifs is 1. The van der Waals surface area contributed by atoms with Crippen LogP contribution in [0.4, 0.5) is 11.1 Å². The Balaban J connectivity index is 1.92. The SMILES string of the molecule is COc1nc(Nc2nc3ccc(C)cc3s2)ncc1Br. The van der Waals surface area contributed by atoms with E-state index in [0.717, 1.165) is 15.3 Å². The maximum absolute atomic E-state index is 5.14. The summed E-state index contributed by atoms with van der Waals surface area (Å²) in [6.45, 7) is 2.06. The summed E-state index contributed by atoms with van der Waals surface area (Å²) < 4.78 is 6.99. The number of hydrogen-bond donors (Lipinski definition) is 1. The van der Waals surface area contributed by atoms with Crippen LogP contribution in [0.5, 0.6) is 5.88 Å². The number of anilines is 2. The van der Waals surface area contributed by atoms with Gasteiger partial charge in [-0.1, -0.05) is 17.4 Å². The van der Waals surface area contributed by atoms with Gasteiger partial charge in [0.15, 0.2) is 5.13 Å². The minimum atomic E-state index is 0.459. The molecule has 1 N–H and O–H groups in total. The van der Waals surface area contributed by atoms with Crippen molar-refractivity contribution in [2.24, 2.45) is 0 Å². The van der Waals surface area contributed by atoms with E-state index in [1.807, 2.05) is 12.1 Å². The molecule has 0 unspecified atom stereocenters. The van der Waals surface area contributed by atoms with Gasteiger partial charge in [-0.05, 0) is 40.5 Å². The van der Waals surface area contributed by atoms with Crippen LogP contribution in [0.3, 0.4) is 0 Å². The molecule has 0 spiro atoms. The third-order valence-electron chi connectivity index (χ3n) is 2.67. The van der Waals surface area contributed by atoms with E-state index in [1.165, 1.54) is 5.56 Å². The number of nitrogens with zero attached hydrogens (tertiary/aromatic N) is 3. The minimum Gasteiger partial charge on any atom is -0.480 e. The quantitative estimate of drug-likeness (QED) is 0.775. The number of hydrogen-bond acceptors (Lipinski definition) is 6. The molecular formula is C13H11BrN4OS. The summed E-state index contributed by atoms with van der Waals surface area (Å²) >= 11 is 4.89. The Morgan fingerprint density at radius 3 is 2.95 bits per heavy atom. The van der Waals surface area contributed by atoms with Crippen LogP contribution in [0, 0.1) is 6.92 Å². The number of rotatable bonds is 3. The Bertz CT molecular complexity index is 774. The molecule has 2 aromatic heterocycles. The summed E-state index contributed by atoms with van der Waals surface area (Å²) in [6.07, 6.45) is 1.64. The van der Waals surface area contributed by atoms with Crippen molar-refractivity contribution in [1.82, 2.24) is 15.0 Å². The molecule has 3 rings (SSSR count). The van der Waals surface area contributed by atoms with Crippen LogP contribution in [-0.2, 0) is 0 Å². The predicted octanol–water partition coefficient (Wildman–Crippen LogP) is 3.91. The Morgan fingerprint density at radius 2 is 2.15 bits per heavy atom. The van der Waals surface area contributed by atoms with Gasteiger partial charge in [0.05, 0.1) is 28.0 Å². The number of aryl methyl sites for hydroxylation is 1. The molecule has 0 aliphatic rings. The van der Waals surface area contributed by atoms with Gasteiger partial charge in [0.1, 0.15) is 0 Å². The second-order valence-electron chi connectivity index (χ2n) is 4.17. The fourth-order valence-electron chi connectivity index (χ4n) is 1.74. The first-order valence-electron chi connectivity index (χ1n) is 5.86. The second kappa shape index (κ2) is 5.34. The zero-order chi connectivity index (χ0) is 14.1. The molecule has 0 radical (unpaired) electrons. The van der Waals surface area contributed by atoms with Crippen molar-refractivity contribution in [2.75, 3.05) is 12.4 Å². The van der Waals surface area contributed by atoms with Crippen LogP contribution >= 0.6 is 27.3 Å². The van der Waals surface area contributed by atoms with E-state index in [9.17, 15) is 0 Å². The van der Waals surface area contributed by atoms with Gasteiger partial charge in [0.2, 0.25) is 11.8 Å². The van der Waals surface area contributed by atoms with Crippen molar-refractivity contribution in [3.8, 4) is 5.88 Å². The lowest BCUT2D eigenvalue weighted by Crippen LogP contribution is -1.98. The van der Waals surface area contributed by atoms with Crippen LogP contribution in [0.1, 0.15) is 5.56 Å². The van der Waals surface area contributed by atoms with E-state index >= 15 is 0 Å². The fraction of sp³-hybridized carbons (Fsp3) is 0.154. The Kier molecular flexibility index (Phi) is 3.54. The summed E-state index contributed by atoms with van der Waals surface area (Å²) in [5.74, 6) is 0.945. The first kappa shape index (κ1) is 13.3. The number of benzene rings is 1. The molecule has 0 saturated heterocycles. The first-order valence-corrected chi connectivity index (χ1v) is 7.47. The molecular weight excluding hydrogens is 340 g/mol. The van der Waals surface area contributed by atoms with Crippen LogP contribution < -0.4 is 10.1 Å². The molecule has 102 valence electrons. The largest absolute Gasteiger partial charge is 0.480 e. The van der Waals surface area contributed by atoms with E-state index in [-0.39, 0.29) is 0 Å². The number of nitrogens with one attached hydrogen (secondary N) is 1. The summed E-state index contributed by atoms with van der Waals surface area (Å²) in [5, 5.41) is 3.86. The third kappa shape index (κ3) is 2.59. The molecule has 2 heterocycles. The summed E-state index contributed by atoms with van der Waals surface area (Å²) in [7, 11) is 1.57. The van der Waals surface area contributed by atoms with Crippen molar-refractivity contribution < 1.29 is 4.74 Å². The van der Waals surface area contributed by atoms with Gasteiger partial charge >= 0.3 is 0 Å². The van der Waals surface area contributed by atoms with E-state index < -0.39 is 0 Å². The monoisotopic (exact) mass is 350 g/mol. The lowest BCUT2D eigenvalue weighted by Gasteiger charge is -2.04. The number of halogens is 1. The van der Waals surface area contributed by atoms with Crippen molar-refractivity contribution in [1.29, 1.82) is 0 Å². The van der Waals surface area contributed by atoms with E-state index in [2.05, 4.69) is 49.2 Å². The minimum absolute atomic E-state index is 0.459. The lowest BCUT2D eigenvalue weighted by molar-refractivity contribution is 0.394. The smallest absolute Gasteiger partial charge is 0.232 e. The molecule has 0 aliphatic carbocycles.